The van der Waals surface area contributed by atoms with Crippen molar-refractivity contribution in [3.8, 4) is 0 Å². The lowest BCUT2D eigenvalue weighted by Crippen LogP contribution is -2.18. The first-order chi connectivity index (χ1) is 8.68. The summed E-state index contributed by atoms with van der Waals surface area (Å²) >= 11 is 0. The highest BCUT2D eigenvalue weighted by Gasteiger charge is 2.68. The van der Waals surface area contributed by atoms with E-state index in [2.05, 4.69) is 38.0 Å². The van der Waals surface area contributed by atoms with E-state index in [9.17, 15) is 9.59 Å². The van der Waals surface area contributed by atoms with Crippen LogP contribution in [0.2, 0.25) is 0 Å². The number of pyridine rings is 1. The third-order valence-electron chi connectivity index (χ3n) is 4.57. The molecule has 0 aliphatic heterocycles. The van der Waals surface area contributed by atoms with Crippen molar-refractivity contribution in [1.82, 2.24) is 4.98 Å². The Bertz CT molecular complexity index is 518. The first-order valence-electron chi connectivity index (χ1n) is 6.24. The molecule has 1 aliphatic carbocycles. The predicted octanol–water partition coefficient (Wildman–Crippen LogP) is 1.80. The Labute approximate surface area is 112 Å². The summed E-state index contributed by atoms with van der Waals surface area (Å²) in [6, 6.07) is 3.13. The molecule has 1 aromatic rings. The van der Waals surface area contributed by atoms with Crippen molar-refractivity contribution in [1.29, 1.82) is 0 Å². The number of aromatic nitrogens is 1. The van der Waals surface area contributed by atoms with Gasteiger partial charge in [0.25, 0.3) is 5.91 Å². The largest absolute Gasteiger partial charge is 0.364 e. The van der Waals surface area contributed by atoms with E-state index in [1.165, 1.54) is 12.3 Å². The van der Waals surface area contributed by atoms with Crippen LogP contribution in [0.25, 0.3) is 0 Å². The van der Waals surface area contributed by atoms with E-state index in [-0.39, 0.29) is 28.3 Å². The van der Waals surface area contributed by atoms with Crippen LogP contribution in [0.15, 0.2) is 18.3 Å². The number of hydrogen-bond donors (Lipinski definition) is 2. The molecule has 102 valence electrons. The predicted molar refractivity (Wildman–Crippen MR) is 72.4 cm³/mol. The number of primary amides is 1. The average molecular weight is 261 g/mol. The Hall–Kier alpha value is -1.91. The third kappa shape index (κ3) is 2.09. The summed E-state index contributed by atoms with van der Waals surface area (Å²) in [5, 5.41) is 2.83. The maximum Gasteiger partial charge on any atom is 0.267 e. The van der Waals surface area contributed by atoms with Crippen LogP contribution in [0.1, 0.15) is 38.2 Å². The van der Waals surface area contributed by atoms with Crippen molar-refractivity contribution in [2.45, 2.75) is 27.7 Å². The molecule has 5 nitrogen and oxygen atoms in total. The molecule has 0 unspecified atom stereocenters. The van der Waals surface area contributed by atoms with Crippen LogP contribution in [-0.2, 0) is 4.79 Å². The zero-order valence-electron chi connectivity index (χ0n) is 11.7. The van der Waals surface area contributed by atoms with Crippen molar-refractivity contribution >= 4 is 17.5 Å². The fourth-order valence-electron chi connectivity index (χ4n) is 2.68. The van der Waals surface area contributed by atoms with Gasteiger partial charge in [0.05, 0.1) is 11.9 Å². The molecule has 0 spiro atoms. The summed E-state index contributed by atoms with van der Waals surface area (Å²) in [6.45, 7) is 8.36. The number of carbonyl (C=O) groups is 2. The fourth-order valence-corrected chi connectivity index (χ4v) is 2.68. The molecule has 0 bridgehead atoms. The van der Waals surface area contributed by atoms with Crippen molar-refractivity contribution in [3.05, 3.63) is 24.0 Å². The SMILES string of the molecule is CC1(C)C(C(=O)Nc2ccc(C(N)=O)nc2)C1(C)C. The molecular weight excluding hydrogens is 242 g/mol. The molecule has 2 amide bonds. The van der Waals surface area contributed by atoms with Crippen LogP contribution in [0.5, 0.6) is 0 Å². The van der Waals surface area contributed by atoms with E-state index in [0.717, 1.165) is 0 Å². The molecule has 1 heterocycles. The lowest BCUT2D eigenvalue weighted by Gasteiger charge is -2.06. The first kappa shape index (κ1) is 13.5. The summed E-state index contributed by atoms with van der Waals surface area (Å²) < 4.78 is 0. The van der Waals surface area contributed by atoms with E-state index >= 15 is 0 Å². The van der Waals surface area contributed by atoms with Crippen molar-refractivity contribution < 1.29 is 9.59 Å². The number of anilines is 1. The van der Waals surface area contributed by atoms with Crippen molar-refractivity contribution in [3.63, 3.8) is 0 Å². The topological polar surface area (TPSA) is 85.1 Å². The molecule has 19 heavy (non-hydrogen) atoms. The molecule has 0 aromatic carbocycles. The Balaban J connectivity index is 2.07. The number of nitrogens with two attached hydrogens (primary N) is 1. The maximum absolute atomic E-state index is 12.2. The van der Waals surface area contributed by atoms with E-state index in [4.69, 9.17) is 5.73 Å². The minimum atomic E-state index is -0.581. The third-order valence-corrected chi connectivity index (χ3v) is 4.57. The summed E-state index contributed by atoms with van der Waals surface area (Å²) in [6.07, 6.45) is 1.44. The van der Waals surface area contributed by atoms with Gasteiger partial charge in [-0.2, -0.15) is 0 Å². The van der Waals surface area contributed by atoms with E-state index < -0.39 is 5.91 Å². The zero-order valence-corrected chi connectivity index (χ0v) is 11.7. The molecule has 0 radical (unpaired) electrons. The number of nitrogens with zero attached hydrogens (tertiary/aromatic N) is 1. The molecular formula is C14H19N3O2. The van der Waals surface area contributed by atoms with Gasteiger partial charge in [0, 0.05) is 5.92 Å². The zero-order chi connectivity index (χ0) is 14.4. The highest BCUT2D eigenvalue weighted by atomic mass is 16.2. The lowest BCUT2D eigenvalue weighted by molar-refractivity contribution is -0.118. The van der Waals surface area contributed by atoms with Gasteiger partial charge in [0.2, 0.25) is 5.91 Å². The summed E-state index contributed by atoms with van der Waals surface area (Å²) in [5.41, 5.74) is 5.86. The molecule has 2 rings (SSSR count). The van der Waals surface area contributed by atoms with Crippen LogP contribution < -0.4 is 11.1 Å². The monoisotopic (exact) mass is 261 g/mol. The molecule has 1 fully saturated rings. The van der Waals surface area contributed by atoms with Gasteiger partial charge in [0.15, 0.2) is 0 Å². The fraction of sp³-hybridized carbons (Fsp3) is 0.500. The molecule has 0 saturated heterocycles. The number of carbonyl (C=O) groups excluding carboxylic acids is 2. The number of hydrogen-bond acceptors (Lipinski definition) is 3. The standard InChI is InChI=1S/C14H19N3O2/c1-13(2)10(14(13,3)4)12(19)17-8-5-6-9(11(15)18)16-7-8/h5-7,10H,1-4H3,(H2,15,18)(H,17,19). The number of rotatable bonds is 3. The van der Waals surface area contributed by atoms with Gasteiger partial charge in [-0.1, -0.05) is 27.7 Å². The Morgan fingerprint density at radius 1 is 1.21 bits per heavy atom. The summed E-state index contributed by atoms with van der Waals surface area (Å²) in [7, 11) is 0. The quantitative estimate of drug-likeness (QED) is 0.870. The minimum absolute atomic E-state index is 0.00230. The highest BCUT2D eigenvalue weighted by molar-refractivity contribution is 5.96. The smallest absolute Gasteiger partial charge is 0.267 e. The highest BCUT2D eigenvalue weighted by Crippen LogP contribution is 2.68. The number of nitrogens with one attached hydrogen (secondary N) is 1. The second kappa shape index (κ2) is 4.05. The van der Waals surface area contributed by atoms with Gasteiger partial charge in [-0.15, -0.1) is 0 Å². The van der Waals surface area contributed by atoms with Gasteiger partial charge in [-0.25, -0.2) is 4.98 Å². The van der Waals surface area contributed by atoms with Crippen LogP contribution in [0.3, 0.4) is 0 Å². The molecule has 3 N–H and O–H groups in total. The van der Waals surface area contributed by atoms with Crippen LogP contribution in [0, 0.1) is 16.7 Å². The van der Waals surface area contributed by atoms with Gasteiger partial charge in [-0.3, -0.25) is 9.59 Å². The molecule has 0 atom stereocenters. The Morgan fingerprint density at radius 2 is 1.79 bits per heavy atom. The second-order valence-electron chi connectivity index (χ2n) is 6.16. The Kier molecular flexibility index (Phi) is 2.88. The normalized spacial score (nSPS) is 19.8. The van der Waals surface area contributed by atoms with E-state index in [0.29, 0.717) is 5.69 Å². The van der Waals surface area contributed by atoms with Crippen molar-refractivity contribution in [2.75, 3.05) is 5.32 Å². The minimum Gasteiger partial charge on any atom is -0.364 e. The molecule has 1 aromatic heterocycles. The number of amides is 2. The van der Waals surface area contributed by atoms with Gasteiger partial charge >= 0.3 is 0 Å². The van der Waals surface area contributed by atoms with Gasteiger partial charge < -0.3 is 11.1 Å². The second-order valence-corrected chi connectivity index (χ2v) is 6.16. The molecule has 1 aliphatic rings. The van der Waals surface area contributed by atoms with Crippen LogP contribution in [-0.4, -0.2) is 16.8 Å². The van der Waals surface area contributed by atoms with Crippen LogP contribution >= 0.6 is 0 Å². The molecule has 1 saturated carbocycles. The van der Waals surface area contributed by atoms with Crippen molar-refractivity contribution in [2.24, 2.45) is 22.5 Å². The Morgan fingerprint density at radius 3 is 2.16 bits per heavy atom. The first-order valence-corrected chi connectivity index (χ1v) is 6.24. The summed E-state index contributed by atoms with van der Waals surface area (Å²) in [4.78, 5) is 27.0. The summed E-state index contributed by atoms with van der Waals surface area (Å²) in [5.74, 6) is -0.609. The lowest BCUT2D eigenvalue weighted by atomic mass is 10.0. The van der Waals surface area contributed by atoms with E-state index in [1.54, 1.807) is 6.07 Å². The molecule has 5 heteroatoms. The average Bonchev–Trinajstić information content (AvgIpc) is 2.69. The maximum atomic E-state index is 12.2. The van der Waals surface area contributed by atoms with Gasteiger partial charge in [0.1, 0.15) is 5.69 Å². The van der Waals surface area contributed by atoms with E-state index in [1.807, 2.05) is 0 Å². The van der Waals surface area contributed by atoms with Gasteiger partial charge in [-0.05, 0) is 23.0 Å². The van der Waals surface area contributed by atoms with Crippen LogP contribution in [0.4, 0.5) is 5.69 Å².